The van der Waals surface area contributed by atoms with Crippen LogP contribution < -0.4 is 14.8 Å². The van der Waals surface area contributed by atoms with Crippen molar-refractivity contribution in [3.8, 4) is 11.5 Å². The summed E-state index contributed by atoms with van der Waals surface area (Å²) in [7, 11) is 3.56. The third kappa shape index (κ3) is 4.81. The topological polar surface area (TPSA) is 61.2 Å². The predicted octanol–water partition coefficient (Wildman–Crippen LogP) is 2.69. The molecule has 0 aliphatic rings. The first-order valence-electron chi connectivity index (χ1n) is 8.11. The van der Waals surface area contributed by atoms with Gasteiger partial charge in [-0.05, 0) is 23.8 Å². The van der Waals surface area contributed by atoms with E-state index < -0.39 is 0 Å². The summed E-state index contributed by atoms with van der Waals surface area (Å²) in [4.78, 5) is 4.10. The van der Waals surface area contributed by atoms with Gasteiger partial charge in [0.15, 0.2) is 11.5 Å². The van der Waals surface area contributed by atoms with E-state index in [1.165, 1.54) is 0 Å². The molecule has 0 amide bonds. The Hall–Kier alpha value is -2.86. The molecule has 1 aromatic carbocycles. The van der Waals surface area contributed by atoms with Gasteiger partial charge in [-0.15, -0.1) is 0 Å². The van der Waals surface area contributed by atoms with E-state index in [-0.39, 0.29) is 0 Å². The van der Waals surface area contributed by atoms with Gasteiger partial charge >= 0.3 is 0 Å². The van der Waals surface area contributed by atoms with Gasteiger partial charge < -0.3 is 14.8 Å². The van der Waals surface area contributed by atoms with Crippen molar-refractivity contribution in [3.63, 3.8) is 0 Å². The first kappa shape index (κ1) is 17.0. The Labute approximate surface area is 147 Å². The molecule has 6 heteroatoms. The molecule has 3 aromatic rings. The van der Waals surface area contributed by atoms with Crippen LogP contribution in [0.1, 0.15) is 16.7 Å². The van der Waals surface area contributed by atoms with E-state index in [0.29, 0.717) is 6.61 Å². The molecule has 3 rings (SSSR count). The fraction of sp³-hybridized carbons (Fsp3) is 0.263. The van der Waals surface area contributed by atoms with Crippen LogP contribution >= 0.6 is 0 Å². The SMILES string of the molecule is COc1ccc(CNCc2cnn(C)c2)cc1OCc1cccnc1. The van der Waals surface area contributed by atoms with E-state index in [1.54, 1.807) is 24.2 Å². The lowest BCUT2D eigenvalue weighted by atomic mass is 10.2. The molecule has 0 atom stereocenters. The highest BCUT2D eigenvalue weighted by Gasteiger charge is 2.07. The second-order valence-electron chi connectivity index (χ2n) is 5.76. The van der Waals surface area contributed by atoms with Crippen molar-refractivity contribution in [3.05, 3.63) is 71.8 Å². The third-order valence-corrected chi connectivity index (χ3v) is 3.76. The van der Waals surface area contributed by atoms with Crippen molar-refractivity contribution in [1.29, 1.82) is 0 Å². The van der Waals surface area contributed by atoms with Gasteiger partial charge in [-0.25, -0.2) is 0 Å². The maximum absolute atomic E-state index is 5.92. The molecular weight excluding hydrogens is 316 g/mol. The van der Waals surface area contributed by atoms with Gasteiger partial charge in [0.1, 0.15) is 6.61 Å². The van der Waals surface area contributed by atoms with Crippen LogP contribution in [-0.2, 0) is 26.7 Å². The second-order valence-corrected chi connectivity index (χ2v) is 5.76. The van der Waals surface area contributed by atoms with E-state index in [1.807, 2.05) is 49.8 Å². The molecule has 0 radical (unpaired) electrons. The van der Waals surface area contributed by atoms with E-state index in [0.717, 1.165) is 41.3 Å². The summed E-state index contributed by atoms with van der Waals surface area (Å²) in [5, 5.41) is 7.58. The minimum atomic E-state index is 0.455. The Morgan fingerprint density at radius 1 is 1.04 bits per heavy atom. The Bertz CT molecular complexity index is 802. The number of rotatable bonds is 8. The van der Waals surface area contributed by atoms with Gasteiger partial charge in [-0.1, -0.05) is 12.1 Å². The molecule has 0 bridgehead atoms. The highest BCUT2D eigenvalue weighted by molar-refractivity contribution is 5.43. The van der Waals surface area contributed by atoms with E-state index >= 15 is 0 Å². The average Bonchev–Trinajstić information content (AvgIpc) is 3.06. The second kappa shape index (κ2) is 8.30. The van der Waals surface area contributed by atoms with Gasteiger partial charge in [-0.3, -0.25) is 9.67 Å². The lowest BCUT2D eigenvalue weighted by Gasteiger charge is -2.13. The Kier molecular flexibility index (Phi) is 5.64. The third-order valence-electron chi connectivity index (χ3n) is 3.76. The van der Waals surface area contributed by atoms with Crippen LogP contribution in [0.25, 0.3) is 0 Å². The summed E-state index contributed by atoms with van der Waals surface area (Å²) in [6.45, 7) is 1.96. The molecule has 0 spiro atoms. The van der Waals surface area contributed by atoms with Crippen LogP contribution in [0.2, 0.25) is 0 Å². The van der Waals surface area contributed by atoms with Crippen molar-refractivity contribution in [2.75, 3.05) is 7.11 Å². The quantitative estimate of drug-likeness (QED) is 0.684. The van der Waals surface area contributed by atoms with Gasteiger partial charge in [0, 0.05) is 49.9 Å². The number of ether oxygens (including phenoxy) is 2. The van der Waals surface area contributed by atoms with E-state index in [4.69, 9.17) is 9.47 Å². The summed E-state index contributed by atoms with van der Waals surface area (Å²) in [5.74, 6) is 1.45. The van der Waals surface area contributed by atoms with Crippen LogP contribution in [0.5, 0.6) is 11.5 Å². The molecule has 0 fully saturated rings. The number of methoxy groups -OCH3 is 1. The van der Waals surface area contributed by atoms with E-state index in [9.17, 15) is 0 Å². The largest absolute Gasteiger partial charge is 0.493 e. The highest BCUT2D eigenvalue weighted by atomic mass is 16.5. The number of hydrogen-bond acceptors (Lipinski definition) is 5. The van der Waals surface area contributed by atoms with Crippen LogP contribution in [0.3, 0.4) is 0 Å². The standard InChI is InChI=1S/C19H22N4O2/c1-23-13-17(12-22-23)11-21-9-15-5-6-18(24-2)19(8-15)25-14-16-4-3-7-20-10-16/h3-8,10,12-13,21H,9,11,14H2,1-2H3. The molecule has 0 saturated carbocycles. The number of benzene rings is 1. The zero-order chi connectivity index (χ0) is 17.5. The fourth-order valence-corrected chi connectivity index (χ4v) is 2.50. The Morgan fingerprint density at radius 3 is 2.64 bits per heavy atom. The van der Waals surface area contributed by atoms with Crippen molar-refractivity contribution < 1.29 is 9.47 Å². The molecular formula is C19H22N4O2. The number of aromatic nitrogens is 3. The zero-order valence-corrected chi connectivity index (χ0v) is 14.5. The predicted molar refractivity (Wildman–Crippen MR) is 95.3 cm³/mol. The van der Waals surface area contributed by atoms with Gasteiger partial charge in [0.25, 0.3) is 0 Å². The number of pyridine rings is 1. The van der Waals surface area contributed by atoms with Gasteiger partial charge in [0.05, 0.1) is 13.3 Å². The molecule has 2 aromatic heterocycles. The first-order valence-corrected chi connectivity index (χ1v) is 8.11. The van der Waals surface area contributed by atoms with E-state index in [2.05, 4.69) is 15.4 Å². The van der Waals surface area contributed by atoms with Gasteiger partial charge in [0.2, 0.25) is 0 Å². The first-order chi connectivity index (χ1) is 12.2. The lowest BCUT2D eigenvalue weighted by molar-refractivity contribution is 0.283. The van der Waals surface area contributed by atoms with Crippen LogP contribution in [0.15, 0.2) is 55.1 Å². The van der Waals surface area contributed by atoms with Gasteiger partial charge in [-0.2, -0.15) is 5.10 Å². The molecule has 0 saturated heterocycles. The fourth-order valence-electron chi connectivity index (χ4n) is 2.50. The lowest BCUT2D eigenvalue weighted by Crippen LogP contribution is -2.12. The van der Waals surface area contributed by atoms with Crippen molar-refractivity contribution in [1.82, 2.24) is 20.1 Å². The summed E-state index contributed by atoms with van der Waals surface area (Å²) >= 11 is 0. The Balaban J connectivity index is 1.60. The zero-order valence-electron chi connectivity index (χ0n) is 14.5. The number of hydrogen-bond donors (Lipinski definition) is 1. The van der Waals surface area contributed by atoms with Crippen LogP contribution in [0, 0.1) is 0 Å². The Morgan fingerprint density at radius 2 is 1.92 bits per heavy atom. The number of nitrogens with zero attached hydrogens (tertiary/aromatic N) is 3. The van der Waals surface area contributed by atoms with Crippen molar-refractivity contribution >= 4 is 0 Å². The molecule has 130 valence electrons. The minimum absolute atomic E-state index is 0.455. The van der Waals surface area contributed by atoms with Crippen LogP contribution in [-0.4, -0.2) is 21.9 Å². The molecule has 25 heavy (non-hydrogen) atoms. The average molecular weight is 338 g/mol. The smallest absolute Gasteiger partial charge is 0.161 e. The summed E-state index contributed by atoms with van der Waals surface area (Å²) in [6, 6.07) is 9.85. The molecule has 0 unspecified atom stereocenters. The minimum Gasteiger partial charge on any atom is -0.493 e. The number of aryl methyl sites for hydroxylation is 1. The summed E-state index contributed by atoms with van der Waals surface area (Å²) < 4.78 is 13.1. The highest BCUT2D eigenvalue weighted by Crippen LogP contribution is 2.28. The maximum atomic E-state index is 5.92. The molecule has 1 N–H and O–H groups in total. The normalized spacial score (nSPS) is 10.6. The summed E-state index contributed by atoms with van der Waals surface area (Å²) in [5.41, 5.74) is 3.31. The monoisotopic (exact) mass is 338 g/mol. The number of nitrogens with one attached hydrogen (secondary N) is 1. The van der Waals surface area contributed by atoms with Crippen LogP contribution in [0.4, 0.5) is 0 Å². The molecule has 2 heterocycles. The molecule has 0 aliphatic heterocycles. The van der Waals surface area contributed by atoms with Crippen molar-refractivity contribution in [2.24, 2.45) is 7.05 Å². The summed E-state index contributed by atoms with van der Waals surface area (Å²) in [6.07, 6.45) is 7.41. The van der Waals surface area contributed by atoms with Crippen molar-refractivity contribution in [2.45, 2.75) is 19.7 Å². The maximum Gasteiger partial charge on any atom is 0.161 e. The molecule has 6 nitrogen and oxygen atoms in total. The molecule has 0 aliphatic carbocycles.